The molecule has 116 valence electrons. The third-order valence-corrected chi connectivity index (χ3v) is 3.21. The smallest absolute Gasteiger partial charge is 0.303 e. The van der Waals surface area contributed by atoms with E-state index in [4.69, 9.17) is 0 Å². The monoisotopic (exact) mass is 293 g/mol. The van der Waals surface area contributed by atoms with Crippen molar-refractivity contribution in [2.75, 3.05) is 19.6 Å². The third-order valence-electron chi connectivity index (χ3n) is 3.21. The van der Waals surface area contributed by atoms with Crippen LogP contribution in [0.1, 0.15) is 42.6 Å². The summed E-state index contributed by atoms with van der Waals surface area (Å²) in [5.41, 5.74) is 3.07. The fourth-order valence-corrected chi connectivity index (χ4v) is 2.23. The summed E-state index contributed by atoms with van der Waals surface area (Å²) in [6.45, 7) is 7.52. The minimum Gasteiger partial charge on any atom is -0.303 e. The Morgan fingerprint density at radius 3 is 2.19 bits per heavy atom. The molecule has 0 bridgehead atoms. The van der Waals surface area contributed by atoms with Gasteiger partial charge in [0.1, 0.15) is 0 Å². The fraction of sp³-hybridized carbons (Fsp3) is 0.533. The number of hydrazine groups is 1. The zero-order valence-electron chi connectivity index (χ0n) is 12.7. The first kappa shape index (κ1) is 17.1. The Morgan fingerprint density at radius 2 is 1.71 bits per heavy atom. The van der Waals surface area contributed by atoms with E-state index in [0.717, 1.165) is 44.5 Å². The molecule has 0 spiro atoms. The Kier molecular flexibility index (Phi) is 7.39. The number of nitrogens with one attached hydrogen (secondary N) is 1. The summed E-state index contributed by atoms with van der Waals surface area (Å²) < 4.78 is 0. The molecule has 1 rings (SSSR count). The second-order valence-electron chi connectivity index (χ2n) is 4.99. The number of amides is 1. The summed E-state index contributed by atoms with van der Waals surface area (Å²) in [5.74, 6) is -0.690. The van der Waals surface area contributed by atoms with E-state index in [1.165, 1.54) is 0 Å². The van der Waals surface area contributed by atoms with Crippen molar-refractivity contribution < 1.29 is 9.83 Å². The molecule has 1 amide bonds. The van der Waals surface area contributed by atoms with Crippen LogP contribution in [0.2, 0.25) is 0 Å². The van der Waals surface area contributed by atoms with Crippen molar-refractivity contribution in [1.82, 2.24) is 10.3 Å². The van der Waals surface area contributed by atoms with Crippen LogP contribution < -0.4 is 5.43 Å². The summed E-state index contributed by atoms with van der Waals surface area (Å²) in [7, 11) is 0. The third kappa shape index (κ3) is 6.35. The molecule has 1 aromatic rings. The molecule has 0 aromatic heterocycles. The summed E-state index contributed by atoms with van der Waals surface area (Å²) in [4.78, 5) is 24.1. The van der Waals surface area contributed by atoms with Gasteiger partial charge in [0.05, 0.1) is 0 Å². The number of rotatable bonds is 9. The first-order valence-electron chi connectivity index (χ1n) is 7.33. The highest BCUT2D eigenvalue weighted by atomic mass is 16.7. The van der Waals surface area contributed by atoms with E-state index < -0.39 is 10.9 Å². The molecule has 0 unspecified atom stereocenters. The molecule has 0 saturated carbocycles. The molecule has 6 nitrogen and oxygen atoms in total. The SMILES string of the molecule is CCCN(CCC)CCc1ccc(C(=O)N[N+](=O)[O-])cc1. The van der Waals surface area contributed by atoms with Crippen LogP contribution in [0.3, 0.4) is 0 Å². The molecule has 0 heterocycles. The van der Waals surface area contributed by atoms with Gasteiger partial charge in [-0.05, 0) is 50.0 Å². The maximum Gasteiger partial charge on any atom is 0.310 e. The van der Waals surface area contributed by atoms with E-state index in [1.807, 2.05) is 12.1 Å². The van der Waals surface area contributed by atoms with E-state index >= 15 is 0 Å². The Labute approximate surface area is 125 Å². The summed E-state index contributed by atoms with van der Waals surface area (Å²) in [5, 5.41) is 9.37. The van der Waals surface area contributed by atoms with E-state index in [0.29, 0.717) is 5.56 Å². The van der Waals surface area contributed by atoms with Crippen molar-refractivity contribution >= 4 is 5.91 Å². The van der Waals surface area contributed by atoms with Crippen LogP contribution in [0.5, 0.6) is 0 Å². The average Bonchev–Trinajstić information content (AvgIpc) is 2.45. The van der Waals surface area contributed by atoms with Crippen molar-refractivity contribution in [2.24, 2.45) is 0 Å². The van der Waals surface area contributed by atoms with Gasteiger partial charge in [0.25, 0.3) is 0 Å². The van der Waals surface area contributed by atoms with Gasteiger partial charge in [-0.25, -0.2) is 10.1 Å². The lowest BCUT2D eigenvalue weighted by molar-refractivity contribution is -0.527. The van der Waals surface area contributed by atoms with Gasteiger partial charge in [0.2, 0.25) is 0 Å². The van der Waals surface area contributed by atoms with Crippen molar-refractivity contribution in [2.45, 2.75) is 33.1 Å². The molecule has 21 heavy (non-hydrogen) atoms. The zero-order chi connectivity index (χ0) is 15.7. The molecule has 1 N–H and O–H groups in total. The maximum atomic E-state index is 11.4. The summed E-state index contributed by atoms with van der Waals surface area (Å²) >= 11 is 0. The Balaban J connectivity index is 2.53. The number of nitro groups is 1. The molecule has 0 radical (unpaired) electrons. The van der Waals surface area contributed by atoms with Gasteiger partial charge >= 0.3 is 5.91 Å². The normalized spacial score (nSPS) is 10.6. The quantitative estimate of drug-likeness (QED) is 0.560. The maximum absolute atomic E-state index is 11.4. The largest absolute Gasteiger partial charge is 0.310 e. The van der Waals surface area contributed by atoms with Crippen molar-refractivity contribution in [1.29, 1.82) is 0 Å². The highest BCUT2D eigenvalue weighted by Crippen LogP contribution is 2.07. The minimum absolute atomic E-state index is 0.300. The van der Waals surface area contributed by atoms with Crippen LogP contribution in [0.15, 0.2) is 24.3 Å². The van der Waals surface area contributed by atoms with E-state index in [2.05, 4.69) is 18.7 Å². The predicted octanol–water partition coefficient (Wildman–Crippen LogP) is 2.27. The average molecular weight is 293 g/mol. The molecule has 0 fully saturated rings. The minimum atomic E-state index is -0.844. The molecular formula is C15H23N3O3. The van der Waals surface area contributed by atoms with Crippen LogP contribution in [-0.4, -0.2) is 35.5 Å². The topological polar surface area (TPSA) is 75.5 Å². The molecule has 0 aliphatic carbocycles. The number of benzene rings is 1. The molecule has 0 saturated heterocycles. The van der Waals surface area contributed by atoms with Gasteiger partial charge in [0.15, 0.2) is 5.03 Å². The van der Waals surface area contributed by atoms with Crippen LogP contribution >= 0.6 is 0 Å². The Bertz CT molecular complexity index is 454. The van der Waals surface area contributed by atoms with Crippen molar-refractivity contribution in [3.05, 3.63) is 45.5 Å². The predicted molar refractivity (Wildman–Crippen MR) is 81.6 cm³/mol. The first-order chi connectivity index (χ1) is 10.1. The van der Waals surface area contributed by atoms with E-state index in [-0.39, 0.29) is 0 Å². The fourth-order valence-electron chi connectivity index (χ4n) is 2.23. The van der Waals surface area contributed by atoms with Crippen molar-refractivity contribution in [3.63, 3.8) is 0 Å². The molecule has 1 aromatic carbocycles. The molecular weight excluding hydrogens is 270 g/mol. The molecule has 6 heteroatoms. The van der Waals surface area contributed by atoms with E-state index in [1.54, 1.807) is 17.6 Å². The van der Waals surface area contributed by atoms with Crippen LogP contribution in [0.25, 0.3) is 0 Å². The number of hydrogen-bond acceptors (Lipinski definition) is 4. The Hall–Kier alpha value is -1.95. The van der Waals surface area contributed by atoms with Crippen LogP contribution in [0, 0.1) is 10.1 Å². The Morgan fingerprint density at radius 1 is 1.14 bits per heavy atom. The van der Waals surface area contributed by atoms with E-state index in [9.17, 15) is 14.9 Å². The second kappa shape index (κ2) is 9.07. The molecule has 0 aliphatic heterocycles. The van der Waals surface area contributed by atoms with Crippen LogP contribution in [0.4, 0.5) is 0 Å². The van der Waals surface area contributed by atoms with Gasteiger partial charge < -0.3 is 4.90 Å². The number of carbonyl (C=O) groups excluding carboxylic acids is 1. The first-order valence-corrected chi connectivity index (χ1v) is 7.33. The van der Waals surface area contributed by atoms with Gasteiger partial charge in [-0.2, -0.15) is 0 Å². The number of carbonyl (C=O) groups is 1. The van der Waals surface area contributed by atoms with Gasteiger partial charge in [0, 0.05) is 12.1 Å². The highest BCUT2D eigenvalue weighted by molar-refractivity contribution is 5.93. The number of nitrogens with zero attached hydrogens (tertiary/aromatic N) is 2. The molecule has 0 atom stereocenters. The summed E-state index contributed by atoms with van der Waals surface area (Å²) in [6.07, 6.45) is 3.19. The highest BCUT2D eigenvalue weighted by Gasteiger charge is 2.10. The number of hydrogen-bond donors (Lipinski definition) is 1. The lowest BCUT2D eigenvalue weighted by Crippen LogP contribution is -2.29. The lowest BCUT2D eigenvalue weighted by atomic mass is 10.1. The second-order valence-corrected chi connectivity index (χ2v) is 4.99. The summed E-state index contributed by atoms with van der Waals surface area (Å²) in [6, 6.07) is 6.95. The van der Waals surface area contributed by atoms with Gasteiger partial charge in [-0.3, -0.25) is 4.79 Å². The molecule has 0 aliphatic rings. The van der Waals surface area contributed by atoms with Gasteiger partial charge in [-0.1, -0.05) is 31.4 Å². The zero-order valence-corrected chi connectivity index (χ0v) is 12.7. The lowest BCUT2D eigenvalue weighted by Gasteiger charge is -2.20. The van der Waals surface area contributed by atoms with Crippen molar-refractivity contribution in [3.8, 4) is 0 Å². The standard InChI is InChI=1S/C15H23N3O3/c1-3-10-17(11-4-2)12-9-13-5-7-14(8-6-13)15(19)16-18(20)21/h5-8H,3-4,9-12H2,1-2H3,(H,16,19). The van der Waals surface area contributed by atoms with Crippen LogP contribution in [-0.2, 0) is 6.42 Å². The van der Waals surface area contributed by atoms with Gasteiger partial charge in [-0.15, -0.1) is 0 Å².